The zero-order chi connectivity index (χ0) is 13.3. The van der Waals surface area contributed by atoms with Gasteiger partial charge in [0.25, 0.3) is 5.91 Å². The van der Waals surface area contributed by atoms with Crippen LogP contribution in [0, 0.1) is 13.8 Å². The van der Waals surface area contributed by atoms with Gasteiger partial charge < -0.3 is 5.32 Å². The predicted molar refractivity (Wildman–Crippen MR) is 74.8 cm³/mol. The molecular weight excluding hydrogens is 294 g/mol. The number of carbonyl (C=O) groups excluding carboxylic acids is 1. The normalized spacial score (nSPS) is 10.4. The standard InChI is InChI=1S/C13H14BrN3O/c1-8-5-4-6-11(12(8)14)15-13(18)10-7-17(3)16-9(10)2/h4-7H,1-3H3,(H,15,18). The number of aryl methyl sites for hydroxylation is 3. The molecule has 0 atom stereocenters. The van der Waals surface area contributed by atoms with E-state index in [2.05, 4.69) is 26.3 Å². The Labute approximate surface area is 114 Å². The van der Waals surface area contributed by atoms with Crippen molar-refractivity contribution < 1.29 is 4.79 Å². The highest BCUT2D eigenvalue weighted by Crippen LogP contribution is 2.26. The summed E-state index contributed by atoms with van der Waals surface area (Å²) in [5, 5.41) is 7.04. The molecule has 1 N–H and O–H groups in total. The molecule has 94 valence electrons. The number of benzene rings is 1. The molecule has 0 aliphatic heterocycles. The zero-order valence-electron chi connectivity index (χ0n) is 10.5. The van der Waals surface area contributed by atoms with Gasteiger partial charge in [-0.2, -0.15) is 5.10 Å². The summed E-state index contributed by atoms with van der Waals surface area (Å²) in [6.45, 7) is 3.80. The number of rotatable bonds is 2. The van der Waals surface area contributed by atoms with Crippen molar-refractivity contribution in [3.63, 3.8) is 0 Å². The maximum Gasteiger partial charge on any atom is 0.259 e. The predicted octanol–water partition coefficient (Wildman–Crippen LogP) is 3.05. The minimum absolute atomic E-state index is 0.146. The fraction of sp³-hybridized carbons (Fsp3) is 0.231. The molecule has 18 heavy (non-hydrogen) atoms. The van der Waals surface area contributed by atoms with Crippen LogP contribution < -0.4 is 5.32 Å². The SMILES string of the molecule is Cc1cccc(NC(=O)c2cn(C)nc2C)c1Br. The molecule has 0 saturated carbocycles. The molecule has 0 saturated heterocycles. The van der Waals surface area contributed by atoms with E-state index in [1.807, 2.05) is 32.0 Å². The van der Waals surface area contributed by atoms with Crippen LogP contribution in [0.3, 0.4) is 0 Å². The topological polar surface area (TPSA) is 46.9 Å². The Hall–Kier alpha value is -1.62. The van der Waals surface area contributed by atoms with E-state index >= 15 is 0 Å². The molecule has 0 spiro atoms. The van der Waals surface area contributed by atoms with E-state index < -0.39 is 0 Å². The highest BCUT2D eigenvalue weighted by Gasteiger charge is 2.14. The van der Waals surface area contributed by atoms with Crippen molar-refractivity contribution in [1.29, 1.82) is 0 Å². The summed E-state index contributed by atoms with van der Waals surface area (Å²) in [6, 6.07) is 5.75. The van der Waals surface area contributed by atoms with Gasteiger partial charge in [-0.05, 0) is 41.4 Å². The molecule has 1 heterocycles. The van der Waals surface area contributed by atoms with Crippen LogP contribution in [0.25, 0.3) is 0 Å². The molecule has 4 nitrogen and oxygen atoms in total. The monoisotopic (exact) mass is 307 g/mol. The third-order valence-corrected chi connectivity index (χ3v) is 3.75. The molecule has 0 radical (unpaired) electrons. The number of hydrogen-bond donors (Lipinski definition) is 1. The Kier molecular flexibility index (Phi) is 3.52. The van der Waals surface area contributed by atoms with E-state index in [0.717, 1.165) is 21.4 Å². The van der Waals surface area contributed by atoms with Crippen molar-refractivity contribution in [1.82, 2.24) is 9.78 Å². The summed E-state index contributed by atoms with van der Waals surface area (Å²) >= 11 is 3.47. The summed E-state index contributed by atoms with van der Waals surface area (Å²) in [5.74, 6) is -0.146. The molecule has 1 aromatic carbocycles. The first-order chi connectivity index (χ1) is 8.49. The molecule has 1 amide bonds. The minimum Gasteiger partial charge on any atom is -0.321 e. The first kappa shape index (κ1) is 12.8. The lowest BCUT2D eigenvalue weighted by Crippen LogP contribution is -2.13. The van der Waals surface area contributed by atoms with Crippen LogP contribution in [0.1, 0.15) is 21.6 Å². The van der Waals surface area contributed by atoms with Crippen LogP contribution in [0.5, 0.6) is 0 Å². The summed E-state index contributed by atoms with van der Waals surface area (Å²) in [7, 11) is 1.80. The summed E-state index contributed by atoms with van der Waals surface area (Å²) in [6.07, 6.45) is 1.72. The molecule has 0 aliphatic carbocycles. The van der Waals surface area contributed by atoms with E-state index in [-0.39, 0.29) is 5.91 Å². The summed E-state index contributed by atoms with van der Waals surface area (Å²) in [5.41, 5.74) is 3.16. The fourth-order valence-corrected chi connectivity index (χ4v) is 2.12. The molecule has 0 bridgehead atoms. The van der Waals surface area contributed by atoms with Crippen LogP contribution in [0.2, 0.25) is 0 Å². The molecular formula is C13H14BrN3O. The lowest BCUT2D eigenvalue weighted by Gasteiger charge is -2.08. The van der Waals surface area contributed by atoms with Crippen molar-refractivity contribution in [2.24, 2.45) is 7.05 Å². The summed E-state index contributed by atoms with van der Waals surface area (Å²) < 4.78 is 2.54. The van der Waals surface area contributed by atoms with Gasteiger partial charge in [0.15, 0.2) is 0 Å². The Morgan fingerprint density at radius 2 is 2.11 bits per heavy atom. The maximum absolute atomic E-state index is 12.1. The smallest absolute Gasteiger partial charge is 0.259 e. The molecule has 0 unspecified atom stereocenters. The van der Waals surface area contributed by atoms with Crippen LogP contribution in [0.4, 0.5) is 5.69 Å². The van der Waals surface area contributed by atoms with Gasteiger partial charge >= 0.3 is 0 Å². The number of anilines is 1. The molecule has 2 rings (SSSR count). The van der Waals surface area contributed by atoms with E-state index in [9.17, 15) is 4.79 Å². The maximum atomic E-state index is 12.1. The van der Waals surface area contributed by atoms with Crippen LogP contribution in [-0.4, -0.2) is 15.7 Å². The molecule has 0 fully saturated rings. The van der Waals surface area contributed by atoms with E-state index in [0.29, 0.717) is 5.56 Å². The third kappa shape index (κ3) is 2.46. The average Bonchev–Trinajstić information content (AvgIpc) is 2.64. The van der Waals surface area contributed by atoms with Gasteiger partial charge in [-0.25, -0.2) is 0 Å². The lowest BCUT2D eigenvalue weighted by molar-refractivity contribution is 0.102. The average molecular weight is 308 g/mol. The van der Waals surface area contributed by atoms with E-state index in [4.69, 9.17) is 0 Å². The Bertz CT molecular complexity index is 604. The first-order valence-electron chi connectivity index (χ1n) is 5.55. The molecule has 5 heteroatoms. The van der Waals surface area contributed by atoms with E-state index in [1.54, 1.807) is 17.9 Å². The van der Waals surface area contributed by atoms with Crippen molar-refractivity contribution in [3.05, 3.63) is 45.7 Å². The van der Waals surface area contributed by atoms with Gasteiger partial charge in [-0.1, -0.05) is 12.1 Å². The van der Waals surface area contributed by atoms with Gasteiger partial charge in [-0.15, -0.1) is 0 Å². The second-order valence-corrected chi connectivity index (χ2v) is 4.99. The van der Waals surface area contributed by atoms with Gasteiger partial charge in [0.05, 0.1) is 16.9 Å². The second-order valence-electron chi connectivity index (χ2n) is 4.19. The number of halogens is 1. The number of nitrogens with one attached hydrogen (secondary N) is 1. The Morgan fingerprint density at radius 1 is 1.39 bits per heavy atom. The number of aromatic nitrogens is 2. The van der Waals surface area contributed by atoms with E-state index in [1.165, 1.54) is 0 Å². The van der Waals surface area contributed by atoms with Gasteiger partial charge in [0.2, 0.25) is 0 Å². The van der Waals surface area contributed by atoms with Crippen LogP contribution in [-0.2, 0) is 7.05 Å². The number of carbonyl (C=O) groups is 1. The third-order valence-electron chi connectivity index (χ3n) is 2.70. The Balaban J connectivity index is 2.27. The molecule has 0 aliphatic rings. The van der Waals surface area contributed by atoms with Crippen molar-refractivity contribution >= 4 is 27.5 Å². The van der Waals surface area contributed by atoms with Crippen LogP contribution in [0.15, 0.2) is 28.9 Å². The number of hydrogen-bond acceptors (Lipinski definition) is 2. The first-order valence-corrected chi connectivity index (χ1v) is 6.35. The fourth-order valence-electron chi connectivity index (χ4n) is 1.76. The van der Waals surface area contributed by atoms with Gasteiger partial charge in [0, 0.05) is 17.7 Å². The number of nitrogens with zero attached hydrogens (tertiary/aromatic N) is 2. The van der Waals surface area contributed by atoms with Crippen LogP contribution >= 0.6 is 15.9 Å². The molecule has 2 aromatic rings. The second kappa shape index (κ2) is 4.94. The highest BCUT2D eigenvalue weighted by molar-refractivity contribution is 9.10. The van der Waals surface area contributed by atoms with Crippen molar-refractivity contribution in [3.8, 4) is 0 Å². The van der Waals surface area contributed by atoms with Crippen molar-refractivity contribution in [2.45, 2.75) is 13.8 Å². The van der Waals surface area contributed by atoms with Gasteiger partial charge in [0.1, 0.15) is 0 Å². The quantitative estimate of drug-likeness (QED) is 0.927. The van der Waals surface area contributed by atoms with Crippen molar-refractivity contribution in [2.75, 3.05) is 5.32 Å². The minimum atomic E-state index is -0.146. The zero-order valence-corrected chi connectivity index (χ0v) is 12.1. The Morgan fingerprint density at radius 3 is 2.72 bits per heavy atom. The number of amides is 1. The molecule has 1 aromatic heterocycles. The largest absolute Gasteiger partial charge is 0.321 e. The van der Waals surface area contributed by atoms with Gasteiger partial charge in [-0.3, -0.25) is 9.48 Å². The lowest BCUT2D eigenvalue weighted by atomic mass is 10.2. The highest BCUT2D eigenvalue weighted by atomic mass is 79.9. The summed E-state index contributed by atoms with van der Waals surface area (Å²) in [4.78, 5) is 12.1.